The number of amides is 2. The van der Waals surface area contributed by atoms with Crippen LogP contribution in [-0.2, 0) is 14.3 Å². The molecule has 0 aliphatic carbocycles. The second kappa shape index (κ2) is 10.6. The molecule has 2 aliphatic heterocycles. The van der Waals surface area contributed by atoms with E-state index in [9.17, 15) is 14.0 Å². The number of rotatable bonds is 7. The van der Waals surface area contributed by atoms with Gasteiger partial charge in [0.05, 0.1) is 17.5 Å². The van der Waals surface area contributed by atoms with E-state index in [0.717, 1.165) is 30.7 Å². The monoisotopic (exact) mass is 515 g/mol. The minimum Gasteiger partial charge on any atom is -0.381 e. The zero-order chi connectivity index (χ0) is 25.2. The number of carbonyl (C=O) groups is 2. The van der Waals surface area contributed by atoms with E-state index < -0.39 is 12.1 Å². The van der Waals surface area contributed by atoms with E-state index >= 15 is 0 Å². The number of aromatic nitrogens is 2. The van der Waals surface area contributed by atoms with Gasteiger partial charge in [0, 0.05) is 31.2 Å². The quantitative estimate of drug-likeness (QED) is 0.497. The highest BCUT2D eigenvalue weighted by molar-refractivity contribution is 7.10. The van der Waals surface area contributed by atoms with Crippen LogP contribution in [0.4, 0.5) is 4.39 Å². The van der Waals surface area contributed by atoms with Crippen LogP contribution in [0.2, 0.25) is 0 Å². The van der Waals surface area contributed by atoms with Crippen molar-refractivity contribution in [2.75, 3.05) is 26.8 Å². The predicted molar refractivity (Wildman–Crippen MR) is 133 cm³/mol. The van der Waals surface area contributed by atoms with Crippen molar-refractivity contribution >= 4 is 34.1 Å². The van der Waals surface area contributed by atoms with Crippen molar-refractivity contribution < 1.29 is 23.2 Å². The Balaban J connectivity index is 1.38. The van der Waals surface area contributed by atoms with Gasteiger partial charge in [-0.2, -0.15) is 0 Å². The SMILES string of the molecule is CN[C@@H](C)C(=O)N[C@H](C(=O)N1CCC[C@H]1c1nc(-c2noc3cc(F)ccc23)cs1)C1CCOCC1. The van der Waals surface area contributed by atoms with Gasteiger partial charge in [0.2, 0.25) is 11.8 Å². The van der Waals surface area contributed by atoms with Gasteiger partial charge in [0.25, 0.3) is 0 Å². The predicted octanol–water partition coefficient (Wildman–Crippen LogP) is 3.27. The van der Waals surface area contributed by atoms with Crippen LogP contribution >= 0.6 is 11.3 Å². The number of ether oxygens (including phenoxy) is 1. The zero-order valence-corrected chi connectivity index (χ0v) is 21.1. The van der Waals surface area contributed by atoms with Crippen molar-refractivity contribution in [3.63, 3.8) is 0 Å². The number of thiazole rings is 1. The van der Waals surface area contributed by atoms with Gasteiger partial charge in [-0.1, -0.05) is 5.16 Å². The van der Waals surface area contributed by atoms with E-state index in [4.69, 9.17) is 14.2 Å². The zero-order valence-electron chi connectivity index (χ0n) is 20.3. The minimum atomic E-state index is -0.605. The maximum Gasteiger partial charge on any atom is 0.246 e. The Kier molecular flexibility index (Phi) is 7.31. The molecule has 2 saturated heterocycles. The average molecular weight is 516 g/mol. The minimum absolute atomic E-state index is 0.0225. The molecule has 0 saturated carbocycles. The topological polar surface area (TPSA) is 110 Å². The molecule has 36 heavy (non-hydrogen) atoms. The summed E-state index contributed by atoms with van der Waals surface area (Å²) in [5.74, 6) is -0.627. The first-order valence-corrected chi connectivity index (χ1v) is 13.2. The number of likely N-dealkylation sites (tertiary alicyclic amines) is 1. The second-order valence-electron chi connectivity index (χ2n) is 9.38. The molecule has 3 atom stereocenters. The van der Waals surface area contributed by atoms with Crippen LogP contribution in [0.15, 0.2) is 28.1 Å². The summed E-state index contributed by atoms with van der Waals surface area (Å²) in [6.07, 6.45) is 3.11. The van der Waals surface area contributed by atoms with Gasteiger partial charge in [0.15, 0.2) is 5.58 Å². The normalized spacial score (nSPS) is 20.5. The third-order valence-electron chi connectivity index (χ3n) is 7.15. The van der Waals surface area contributed by atoms with Gasteiger partial charge in [-0.05, 0) is 57.7 Å². The van der Waals surface area contributed by atoms with E-state index in [1.807, 2.05) is 10.3 Å². The van der Waals surface area contributed by atoms with Crippen molar-refractivity contribution in [3.8, 4) is 11.4 Å². The Bertz CT molecular complexity index is 1240. The highest BCUT2D eigenvalue weighted by Crippen LogP contribution is 2.38. The van der Waals surface area contributed by atoms with Gasteiger partial charge in [0.1, 0.15) is 28.3 Å². The van der Waals surface area contributed by atoms with Gasteiger partial charge in [-0.25, -0.2) is 9.37 Å². The molecule has 0 spiro atoms. The molecular formula is C25H30FN5O4S. The number of nitrogens with zero attached hydrogens (tertiary/aromatic N) is 3. The van der Waals surface area contributed by atoms with E-state index in [1.165, 1.54) is 23.5 Å². The molecule has 0 radical (unpaired) electrons. The third-order valence-corrected chi connectivity index (χ3v) is 8.09. The number of likely N-dealkylation sites (N-methyl/N-ethyl adjacent to an activating group) is 1. The largest absolute Gasteiger partial charge is 0.381 e. The first-order valence-electron chi connectivity index (χ1n) is 12.3. The van der Waals surface area contributed by atoms with E-state index in [-0.39, 0.29) is 29.6 Å². The fourth-order valence-corrected chi connectivity index (χ4v) is 5.90. The number of hydrogen-bond acceptors (Lipinski definition) is 8. The van der Waals surface area contributed by atoms with Crippen LogP contribution in [0, 0.1) is 11.7 Å². The van der Waals surface area contributed by atoms with Crippen LogP contribution in [-0.4, -0.2) is 65.7 Å². The summed E-state index contributed by atoms with van der Waals surface area (Å²) in [6, 6.07) is 3.12. The molecule has 2 N–H and O–H groups in total. The number of halogens is 1. The van der Waals surface area contributed by atoms with Gasteiger partial charge in [-0.3, -0.25) is 9.59 Å². The Morgan fingerprint density at radius 2 is 2.06 bits per heavy atom. The van der Waals surface area contributed by atoms with Crippen LogP contribution < -0.4 is 10.6 Å². The molecule has 4 heterocycles. The molecule has 192 valence electrons. The number of carbonyl (C=O) groups excluding carboxylic acids is 2. The summed E-state index contributed by atoms with van der Waals surface area (Å²) in [6.45, 7) is 3.56. The molecule has 0 unspecified atom stereocenters. The van der Waals surface area contributed by atoms with Crippen molar-refractivity contribution in [3.05, 3.63) is 34.4 Å². The molecule has 2 amide bonds. The molecular weight excluding hydrogens is 485 g/mol. The fourth-order valence-electron chi connectivity index (χ4n) is 4.95. The van der Waals surface area contributed by atoms with E-state index in [0.29, 0.717) is 42.1 Å². The number of benzene rings is 1. The molecule has 11 heteroatoms. The Morgan fingerprint density at radius 1 is 1.25 bits per heavy atom. The molecule has 1 aromatic carbocycles. The molecule has 9 nitrogen and oxygen atoms in total. The molecule has 2 fully saturated rings. The molecule has 2 aliphatic rings. The molecule has 2 aromatic heterocycles. The second-order valence-corrected chi connectivity index (χ2v) is 10.3. The van der Waals surface area contributed by atoms with Gasteiger partial charge in [-0.15, -0.1) is 11.3 Å². The first-order chi connectivity index (χ1) is 17.5. The van der Waals surface area contributed by atoms with Crippen LogP contribution in [0.5, 0.6) is 0 Å². The number of nitrogens with one attached hydrogen (secondary N) is 2. The maximum absolute atomic E-state index is 13.9. The highest BCUT2D eigenvalue weighted by Gasteiger charge is 2.40. The van der Waals surface area contributed by atoms with Crippen molar-refractivity contribution in [1.82, 2.24) is 25.7 Å². The van der Waals surface area contributed by atoms with E-state index in [1.54, 1.807) is 20.0 Å². The summed E-state index contributed by atoms with van der Waals surface area (Å²) in [4.78, 5) is 33.3. The first kappa shape index (κ1) is 24.8. The fraction of sp³-hybridized carbons (Fsp3) is 0.520. The lowest BCUT2D eigenvalue weighted by Crippen LogP contribution is -2.56. The van der Waals surface area contributed by atoms with E-state index in [2.05, 4.69) is 15.8 Å². The van der Waals surface area contributed by atoms with Gasteiger partial charge >= 0.3 is 0 Å². The van der Waals surface area contributed by atoms with Crippen molar-refractivity contribution in [2.45, 2.75) is 50.7 Å². The van der Waals surface area contributed by atoms with Gasteiger partial charge < -0.3 is 24.8 Å². The van der Waals surface area contributed by atoms with Crippen LogP contribution in [0.25, 0.3) is 22.4 Å². The molecule has 3 aromatic rings. The average Bonchev–Trinajstić information content (AvgIpc) is 3.65. The Morgan fingerprint density at radius 3 is 2.83 bits per heavy atom. The third kappa shape index (κ3) is 4.87. The lowest BCUT2D eigenvalue weighted by molar-refractivity contribution is -0.140. The summed E-state index contributed by atoms with van der Waals surface area (Å²) >= 11 is 1.47. The lowest BCUT2D eigenvalue weighted by atomic mass is 9.90. The smallest absolute Gasteiger partial charge is 0.246 e. The highest BCUT2D eigenvalue weighted by atomic mass is 32.1. The van der Waals surface area contributed by atoms with Crippen LogP contribution in [0.3, 0.4) is 0 Å². The Hall–Kier alpha value is -2.89. The lowest BCUT2D eigenvalue weighted by Gasteiger charge is -2.35. The number of fused-ring (bicyclic) bond motifs is 1. The van der Waals surface area contributed by atoms with Crippen molar-refractivity contribution in [1.29, 1.82) is 0 Å². The summed E-state index contributed by atoms with van der Waals surface area (Å²) < 4.78 is 24.3. The molecule has 0 bridgehead atoms. The Labute approximate surface area is 212 Å². The summed E-state index contributed by atoms with van der Waals surface area (Å²) in [5, 5.41) is 13.5. The standard InChI is InChI=1S/C25H30FN5O4S/c1-14(27-2)23(32)29-21(15-7-10-34-11-8-15)25(33)31-9-3-4-19(31)24-28-18(13-36-24)22-17-6-5-16(26)12-20(17)35-30-22/h5-6,12-15,19,21,27H,3-4,7-11H2,1-2H3,(H,29,32)/t14-,19-,21-/m0/s1. The van der Waals surface area contributed by atoms with Crippen molar-refractivity contribution in [2.24, 2.45) is 5.92 Å². The van der Waals surface area contributed by atoms with Crippen LogP contribution in [0.1, 0.15) is 43.7 Å². The number of hydrogen-bond donors (Lipinski definition) is 2. The maximum atomic E-state index is 13.9. The molecule has 5 rings (SSSR count). The summed E-state index contributed by atoms with van der Waals surface area (Å²) in [5.41, 5.74) is 1.55. The summed E-state index contributed by atoms with van der Waals surface area (Å²) in [7, 11) is 1.72.